The summed E-state index contributed by atoms with van der Waals surface area (Å²) in [6, 6.07) is 7.37. The molecule has 0 atom stereocenters. The zero-order chi connectivity index (χ0) is 19.5. The minimum Gasteiger partial charge on any atom is -0.478 e. The largest absolute Gasteiger partial charge is 0.478 e. The second-order valence-electron chi connectivity index (χ2n) is 4.82. The van der Waals surface area contributed by atoms with Gasteiger partial charge in [0.15, 0.2) is 0 Å². The number of rotatable bonds is 5. The Hall–Kier alpha value is -3.08. The molecule has 2 N–H and O–H groups in total. The molecule has 26 heavy (non-hydrogen) atoms. The number of carbonyl (C=O) groups excluding carboxylic acids is 1. The molecule has 0 spiro atoms. The molecule has 2 rings (SSSR count). The molecule has 0 aliphatic carbocycles. The topological polar surface area (TPSA) is 110 Å². The highest BCUT2D eigenvalue weighted by Crippen LogP contribution is 2.36. The molecule has 0 aliphatic heterocycles. The van der Waals surface area contributed by atoms with E-state index in [0.717, 1.165) is 42.5 Å². The van der Waals surface area contributed by atoms with Crippen LogP contribution in [0.5, 0.6) is 0 Å². The van der Waals surface area contributed by atoms with Crippen molar-refractivity contribution in [3.63, 3.8) is 0 Å². The van der Waals surface area contributed by atoms with Crippen LogP contribution in [0.2, 0.25) is 0 Å². The normalized spacial score (nSPS) is 11.0. The van der Waals surface area contributed by atoms with E-state index in [9.17, 15) is 32.9 Å². The molecule has 2 aromatic carbocycles. The number of nitrogens with one attached hydrogen (secondary N) is 1. The van der Waals surface area contributed by atoms with Gasteiger partial charge in [0.25, 0.3) is 11.6 Å². The number of aromatic carboxylic acids is 1. The molecule has 1 amide bonds. The number of thioether (sulfide) groups is 1. The standard InChI is InChI=1S/C15H9F3N2O5S/c16-15(17,18)26-10-4-1-8(2-5-10)13(21)19-12-6-3-9(20(24)25)7-11(12)14(22)23/h1-7H,(H,19,21)(H,22,23). The van der Waals surface area contributed by atoms with Crippen LogP contribution in [0.25, 0.3) is 0 Å². The maximum absolute atomic E-state index is 12.3. The number of amides is 1. The second-order valence-corrected chi connectivity index (χ2v) is 5.96. The highest BCUT2D eigenvalue weighted by Gasteiger charge is 2.29. The van der Waals surface area contributed by atoms with E-state index in [-0.39, 0.29) is 27.9 Å². The Kier molecular flexibility index (Phi) is 5.50. The monoisotopic (exact) mass is 386 g/mol. The lowest BCUT2D eigenvalue weighted by Crippen LogP contribution is -2.15. The Labute approximate surface area is 148 Å². The van der Waals surface area contributed by atoms with E-state index in [1.165, 1.54) is 0 Å². The highest BCUT2D eigenvalue weighted by atomic mass is 32.2. The summed E-state index contributed by atoms with van der Waals surface area (Å²) in [5.74, 6) is -2.26. The van der Waals surface area contributed by atoms with Gasteiger partial charge < -0.3 is 10.4 Å². The van der Waals surface area contributed by atoms with Crippen molar-refractivity contribution in [1.29, 1.82) is 0 Å². The number of alkyl halides is 3. The molecule has 0 aromatic heterocycles. The van der Waals surface area contributed by atoms with E-state index < -0.39 is 33.6 Å². The lowest BCUT2D eigenvalue weighted by atomic mass is 10.1. The first-order valence-corrected chi connectivity index (χ1v) is 7.57. The molecular weight excluding hydrogens is 377 g/mol. The van der Waals surface area contributed by atoms with Gasteiger partial charge in [-0.15, -0.1) is 0 Å². The number of nitrogens with zero attached hydrogens (tertiary/aromatic N) is 1. The zero-order valence-electron chi connectivity index (χ0n) is 12.6. The van der Waals surface area contributed by atoms with E-state index in [1.54, 1.807) is 0 Å². The molecule has 0 heterocycles. The number of hydrogen-bond donors (Lipinski definition) is 2. The number of non-ortho nitro benzene ring substituents is 1. The van der Waals surface area contributed by atoms with Gasteiger partial charge in [-0.3, -0.25) is 14.9 Å². The molecule has 0 aliphatic rings. The van der Waals surface area contributed by atoms with Gasteiger partial charge in [-0.25, -0.2) is 4.79 Å². The molecule has 2 aromatic rings. The molecule has 0 fully saturated rings. The smallest absolute Gasteiger partial charge is 0.446 e. The molecule has 0 bridgehead atoms. The molecular formula is C15H9F3N2O5S. The third kappa shape index (κ3) is 4.96. The second kappa shape index (κ2) is 7.44. The Morgan fingerprint density at radius 3 is 2.23 bits per heavy atom. The van der Waals surface area contributed by atoms with E-state index >= 15 is 0 Å². The van der Waals surface area contributed by atoms with Crippen LogP contribution in [0, 0.1) is 10.1 Å². The van der Waals surface area contributed by atoms with Gasteiger partial charge >= 0.3 is 11.5 Å². The Bertz CT molecular complexity index is 869. The summed E-state index contributed by atoms with van der Waals surface area (Å²) in [7, 11) is 0. The molecule has 0 radical (unpaired) electrons. The fourth-order valence-electron chi connectivity index (χ4n) is 1.93. The van der Waals surface area contributed by atoms with Crippen molar-refractivity contribution in [2.45, 2.75) is 10.4 Å². The van der Waals surface area contributed by atoms with Crippen molar-refractivity contribution in [1.82, 2.24) is 0 Å². The molecule has 0 unspecified atom stereocenters. The van der Waals surface area contributed by atoms with E-state index in [0.29, 0.717) is 0 Å². The summed E-state index contributed by atoms with van der Waals surface area (Å²) in [5.41, 5.74) is -5.60. The molecule has 136 valence electrons. The predicted octanol–water partition coefficient (Wildman–Crippen LogP) is 4.16. The van der Waals surface area contributed by atoms with Crippen LogP contribution in [-0.4, -0.2) is 27.4 Å². The van der Waals surface area contributed by atoms with Crippen molar-refractivity contribution < 1.29 is 32.8 Å². The Morgan fingerprint density at radius 1 is 1.12 bits per heavy atom. The number of carboxylic acid groups (broad SMARTS) is 1. The van der Waals surface area contributed by atoms with Crippen molar-refractivity contribution in [2.75, 3.05) is 5.32 Å². The fourth-order valence-corrected chi connectivity index (χ4v) is 2.47. The number of nitro benzene ring substituents is 1. The number of anilines is 1. The zero-order valence-corrected chi connectivity index (χ0v) is 13.4. The first-order valence-electron chi connectivity index (χ1n) is 6.76. The van der Waals surface area contributed by atoms with Gasteiger partial charge in [0, 0.05) is 22.6 Å². The number of hydrogen-bond acceptors (Lipinski definition) is 5. The number of halogens is 3. The van der Waals surface area contributed by atoms with Crippen LogP contribution < -0.4 is 5.32 Å². The minimum absolute atomic E-state index is 0.00813. The molecule has 7 nitrogen and oxygen atoms in total. The van der Waals surface area contributed by atoms with Gasteiger partial charge in [0.2, 0.25) is 0 Å². The average Bonchev–Trinajstić information content (AvgIpc) is 2.53. The van der Waals surface area contributed by atoms with Crippen LogP contribution in [0.1, 0.15) is 20.7 Å². The van der Waals surface area contributed by atoms with Gasteiger partial charge in [0.05, 0.1) is 16.2 Å². The van der Waals surface area contributed by atoms with Crippen molar-refractivity contribution in [3.8, 4) is 0 Å². The first-order chi connectivity index (χ1) is 12.1. The number of benzene rings is 2. The summed E-state index contributed by atoms with van der Waals surface area (Å²) >= 11 is -0.337. The summed E-state index contributed by atoms with van der Waals surface area (Å²) in [6.07, 6.45) is 0. The van der Waals surface area contributed by atoms with E-state index in [4.69, 9.17) is 5.11 Å². The van der Waals surface area contributed by atoms with E-state index in [1.807, 2.05) is 0 Å². The van der Waals surface area contributed by atoms with Gasteiger partial charge in [0.1, 0.15) is 0 Å². The maximum Gasteiger partial charge on any atom is 0.446 e. The summed E-state index contributed by atoms with van der Waals surface area (Å²) in [5, 5.41) is 22.1. The third-order valence-corrected chi connectivity index (χ3v) is 3.78. The lowest BCUT2D eigenvalue weighted by Gasteiger charge is -2.09. The first kappa shape index (κ1) is 19.2. The predicted molar refractivity (Wildman–Crippen MR) is 86.4 cm³/mol. The highest BCUT2D eigenvalue weighted by molar-refractivity contribution is 8.00. The number of carboxylic acids is 1. The number of carbonyl (C=O) groups is 2. The van der Waals surface area contributed by atoms with Crippen molar-refractivity contribution in [2.24, 2.45) is 0 Å². The van der Waals surface area contributed by atoms with Crippen LogP contribution in [0.3, 0.4) is 0 Å². The Balaban J connectivity index is 2.22. The van der Waals surface area contributed by atoms with Gasteiger partial charge in [-0.05, 0) is 42.1 Å². The third-order valence-electron chi connectivity index (χ3n) is 3.04. The van der Waals surface area contributed by atoms with Crippen LogP contribution in [0.15, 0.2) is 47.4 Å². The molecule has 0 saturated heterocycles. The minimum atomic E-state index is -4.46. The van der Waals surface area contributed by atoms with Crippen LogP contribution in [-0.2, 0) is 0 Å². The van der Waals surface area contributed by atoms with Gasteiger partial charge in [-0.2, -0.15) is 13.2 Å². The van der Waals surface area contributed by atoms with E-state index in [2.05, 4.69) is 5.32 Å². The summed E-state index contributed by atoms with van der Waals surface area (Å²) in [6.45, 7) is 0. The van der Waals surface area contributed by atoms with Crippen LogP contribution in [0.4, 0.5) is 24.5 Å². The fraction of sp³-hybridized carbons (Fsp3) is 0.0667. The number of nitro groups is 1. The summed E-state index contributed by atoms with van der Waals surface area (Å²) < 4.78 is 36.8. The molecule has 0 saturated carbocycles. The van der Waals surface area contributed by atoms with Gasteiger partial charge in [-0.1, -0.05) is 0 Å². The SMILES string of the molecule is O=C(Nc1ccc([N+](=O)[O-])cc1C(=O)O)c1ccc(SC(F)(F)F)cc1. The summed E-state index contributed by atoms with van der Waals surface area (Å²) in [4.78, 5) is 33.2. The molecule has 11 heteroatoms. The Morgan fingerprint density at radius 2 is 1.73 bits per heavy atom. The quantitative estimate of drug-likeness (QED) is 0.454. The van der Waals surface area contributed by atoms with Crippen molar-refractivity contribution in [3.05, 3.63) is 63.7 Å². The lowest BCUT2D eigenvalue weighted by molar-refractivity contribution is -0.384. The van der Waals surface area contributed by atoms with Crippen molar-refractivity contribution >= 4 is 35.0 Å². The van der Waals surface area contributed by atoms with Crippen LogP contribution >= 0.6 is 11.8 Å². The average molecular weight is 386 g/mol. The maximum atomic E-state index is 12.3.